The standard InChI is InChI=1S/C13H20N4O3S2/c14-11-15-16-12(22-11)21-8-10(19)17-5-3-13(4-6-17)9(18)2-1-7-20-13/h9,18H,1-8H2,(H2,14,15). The van der Waals surface area contributed by atoms with Crippen LogP contribution >= 0.6 is 23.1 Å². The fourth-order valence-electron chi connectivity index (χ4n) is 3.02. The number of aliphatic hydroxyl groups excluding tert-OH is 1. The SMILES string of the molecule is Nc1nnc(SCC(=O)N2CCC3(CC2)OCCCC3O)s1. The number of carbonyl (C=O) groups is 1. The third kappa shape index (κ3) is 3.37. The minimum atomic E-state index is -0.435. The van der Waals surface area contributed by atoms with Gasteiger partial charge in [-0.2, -0.15) is 0 Å². The minimum Gasteiger partial charge on any atom is -0.390 e. The third-order valence-electron chi connectivity index (χ3n) is 4.32. The highest BCUT2D eigenvalue weighted by atomic mass is 32.2. The van der Waals surface area contributed by atoms with Crippen molar-refractivity contribution in [3.8, 4) is 0 Å². The third-order valence-corrected chi connectivity index (χ3v) is 6.19. The summed E-state index contributed by atoms with van der Waals surface area (Å²) < 4.78 is 6.57. The average molecular weight is 344 g/mol. The van der Waals surface area contributed by atoms with E-state index >= 15 is 0 Å². The maximum atomic E-state index is 12.3. The van der Waals surface area contributed by atoms with E-state index in [1.54, 1.807) is 0 Å². The van der Waals surface area contributed by atoms with E-state index in [-0.39, 0.29) is 5.91 Å². The molecule has 1 amide bonds. The quantitative estimate of drug-likeness (QED) is 0.780. The van der Waals surface area contributed by atoms with Gasteiger partial charge in [0.15, 0.2) is 4.34 Å². The number of carbonyl (C=O) groups excluding carboxylic acids is 1. The number of amides is 1. The highest BCUT2D eigenvalue weighted by Gasteiger charge is 2.44. The van der Waals surface area contributed by atoms with Crippen molar-refractivity contribution in [3.05, 3.63) is 0 Å². The molecule has 0 radical (unpaired) electrons. The van der Waals surface area contributed by atoms with Gasteiger partial charge in [-0.1, -0.05) is 23.1 Å². The van der Waals surface area contributed by atoms with Crippen LogP contribution in [0.15, 0.2) is 4.34 Å². The summed E-state index contributed by atoms with van der Waals surface area (Å²) in [6, 6.07) is 0. The summed E-state index contributed by atoms with van der Waals surface area (Å²) in [7, 11) is 0. The smallest absolute Gasteiger partial charge is 0.233 e. The lowest BCUT2D eigenvalue weighted by atomic mass is 9.82. The van der Waals surface area contributed by atoms with Crippen molar-refractivity contribution in [2.75, 3.05) is 31.2 Å². The molecule has 1 aromatic rings. The number of likely N-dealkylation sites (tertiary alicyclic amines) is 1. The molecule has 3 N–H and O–H groups in total. The van der Waals surface area contributed by atoms with Crippen LogP contribution in [0, 0.1) is 0 Å². The van der Waals surface area contributed by atoms with Crippen molar-refractivity contribution in [1.82, 2.24) is 15.1 Å². The van der Waals surface area contributed by atoms with Crippen molar-refractivity contribution in [1.29, 1.82) is 0 Å². The van der Waals surface area contributed by atoms with E-state index in [4.69, 9.17) is 10.5 Å². The molecule has 3 rings (SSSR count). The molecule has 1 aromatic heterocycles. The maximum Gasteiger partial charge on any atom is 0.233 e. The summed E-state index contributed by atoms with van der Waals surface area (Å²) in [6.45, 7) is 1.97. The van der Waals surface area contributed by atoms with Crippen LogP contribution in [0.2, 0.25) is 0 Å². The lowest BCUT2D eigenvalue weighted by Crippen LogP contribution is -2.56. The van der Waals surface area contributed by atoms with Gasteiger partial charge in [-0.15, -0.1) is 10.2 Å². The Morgan fingerprint density at radius 2 is 2.27 bits per heavy atom. The number of nitrogens with two attached hydrogens (primary N) is 1. The molecule has 0 aromatic carbocycles. The number of ether oxygens (including phenoxy) is 1. The molecule has 2 saturated heterocycles. The number of thioether (sulfide) groups is 1. The van der Waals surface area contributed by atoms with Crippen LogP contribution in [0.4, 0.5) is 5.13 Å². The molecular formula is C13H20N4O3S2. The summed E-state index contributed by atoms with van der Waals surface area (Å²) >= 11 is 2.65. The number of hydrogen-bond acceptors (Lipinski definition) is 8. The van der Waals surface area contributed by atoms with E-state index in [2.05, 4.69) is 10.2 Å². The first-order valence-corrected chi connectivity index (χ1v) is 9.21. The monoisotopic (exact) mass is 344 g/mol. The minimum absolute atomic E-state index is 0.0823. The molecule has 122 valence electrons. The van der Waals surface area contributed by atoms with E-state index in [0.717, 1.165) is 12.8 Å². The number of aliphatic hydroxyl groups is 1. The largest absolute Gasteiger partial charge is 0.390 e. The number of anilines is 1. The van der Waals surface area contributed by atoms with Gasteiger partial charge in [0.05, 0.1) is 17.5 Å². The van der Waals surface area contributed by atoms with Crippen molar-refractivity contribution in [2.45, 2.75) is 41.7 Å². The van der Waals surface area contributed by atoms with Crippen LogP contribution in [-0.4, -0.2) is 63.3 Å². The van der Waals surface area contributed by atoms with Gasteiger partial charge in [0.1, 0.15) is 0 Å². The second-order valence-corrected chi connectivity index (χ2v) is 7.88. The van der Waals surface area contributed by atoms with Gasteiger partial charge in [0, 0.05) is 19.7 Å². The molecule has 2 aliphatic heterocycles. The van der Waals surface area contributed by atoms with Gasteiger partial charge in [-0.05, 0) is 25.7 Å². The van der Waals surface area contributed by atoms with Crippen molar-refractivity contribution in [3.63, 3.8) is 0 Å². The molecule has 1 unspecified atom stereocenters. The Bertz CT molecular complexity index is 531. The summed E-state index contributed by atoms with van der Waals surface area (Å²) in [4.78, 5) is 14.1. The van der Waals surface area contributed by atoms with E-state index in [0.29, 0.717) is 47.8 Å². The van der Waals surface area contributed by atoms with Crippen LogP contribution in [0.3, 0.4) is 0 Å². The van der Waals surface area contributed by atoms with Crippen molar-refractivity contribution >= 4 is 34.1 Å². The molecule has 22 heavy (non-hydrogen) atoms. The van der Waals surface area contributed by atoms with Crippen molar-refractivity contribution < 1.29 is 14.6 Å². The molecule has 0 saturated carbocycles. The first-order chi connectivity index (χ1) is 10.6. The Labute approximate surface area is 137 Å². The Hall–Kier alpha value is -0.900. The molecule has 2 fully saturated rings. The number of nitrogens with zero attached hydrogens (tertiary/aromatic N) is 3. The fraction of sp³-hybridized carbons (Fsp3) is 0.769. The molecule has 0 bridgehead atoms. The molecule has 1 atom stereocenters. The fourth-order valence-corrected chi connectivity index (χ4v) is 4.56. The lowest BCUT2D eigenvalue weighted by Gasteiger charge is -2.46. The molecule has 2 aliphatic rings. The number of aromatic nitrogens is 2. The number of rotatable bonds is 3. The summed E-state index contributed by atoms with van der Waals surface area (Å²) in [5.74, 6) is 0.421. The molecule has 9 heteroatoms. The van der Waals surface area contributed by atoms with Gasteiger partial charge in [-0.25, -0.2) is 0 Å². The Kier molecular flexibility index (Phi) is 4.86. The molecule has 0 aliphatic carbocycles. The zero-order chi connectivity index (χ0) is 15.6. The van der Waals surface area contributed by atoms with Crippen LogP contribution in [0.1, 0.15) is 25.7 Å². The van der Waals surface area contributed by atoms with Gasteiger partial charge in [0.25, 0.3) is 0 Å². The Balaban J connectivity index is 1.49. The summed E-state index contributed by atoms with van der Waals surface area (Å²) in [5, 5.41) is 18.2. The molecule has 1 spiro atoms. The lowest BCUT2D eigenvalue weighted by molar-refractivity contribution is -0.179. The van der Waals surface area contributed by atoms with E-state index < -0.39 is 11.7 Å². The number of nitrogen functional groups attached to an aromatic ring is 1. The highest BCUT2D eigenvalue weighted by Crippen LogP contribution is 2.35. The Morgan fingerprint density at radius 3 is 2.91 bits per heavy atom. The second-order valence-electron chi connectivity index (χ2n) is 5.65. The van der Waals surface area contributed by atoms with Gasteiger partial charge >= 0.3 is 0 Å². The summed E-state index contributed by atoms with van der Waals surface area (Å²) in [5.41, 5.74) is 5.08. The number of piperidine rings is 1. The topological polar surface area (TPSA) is 102 Å². The summed E-state index contributed by atoms with van der Waals surface area (Å²) in [6.07, 6.45) is 2.71. The molecule has 7 nitrogen and oxygen atoms in total. The highest BCUT2D eigenvalue weighted by molar-refractivity contribution is 8.01. The Morgan fingerprint density at radius 1 is 1.50 bits per heavy atom. The average Bonchev–Trinajstić information content (AvgIpc) is 2.94. The van der Waals surface area contributed by atoms with Crippen LogP contribution in [-0.2, 0) is 9.53 Å². The van der Waals surface area contributed by atoms with Crippen LogP contribution in [0.25, 0.3) is 0 Å². The van der Waals surface area contributed by atoms with Crippen LogP contribution in [0.5, 0.6) is 0 Å². The van der Waals surface area contributed by atoms with Crippen LogP contribution < -0.4 is 5.73 Å². The zero-order valence-corrected chi connectivity index (χ0v) is 13.9. The normalized spacial score (nSPS) is 24.6. The van der Waals surface area contributed by atoms with Gasteiger partial charge < -0.3 is 20.5 Å². The zero-order valence-electron chi connectivity index (χ0n) is 12.2. The predicted molar refractivity (Wildman–Crippen MR) is 84.8 cm³/mol. The molecular weight excluding hydrogens is 324 g/mol. The van der Waals surface area contributed by atoms with Gasteiger partial charge in [-0.3, -0.25) is 4.79 Å². The maximum absolute atomic E-state index is 12.3. The van der Waals surface area contributed by atoms with E-state index in [1.165, 1.54) is 23.1 Å². The van der Waals surface area contributed by atoms with E-state index in [1.807, 2.05) is 4.90 Å². The second kappa shape index (κ2) is 6.69. The predicted octanol–water partition coefficient (Wildman–Crippen LogP) is 0.745. The number of hydrogen-bond donors (Lipinski definition) is 2. The first kappa shape index (κ1) is 16.0. The first-order valence-electron chi connectivity index (χ1n) is 7.41. The van der Waals surface area contributed by atoms with E-state index in [9.17, 15) is 9.90 Å². The van der Waals surface area contributed by atoms with Gasteiger partial charge in [0.2, 0.25) is 11.0 Å². The van der Waals surface area contributed by atoms with Crippen molar-refractivity contribution in [2.24, 2.45) is 0 Å². The molecule has 3 heterocycles.